The molecular formula is C24H18Cl2FN5O5. The number of benzene rings is 2. The number of anilines is 2. The summed E-state index contributed by atoms with van der Waals surface area (Å²) in [6, 6.07) is 13.8. The van der Waals surface area contributed by atoms with Crippen LogP contribution >= 0.6 is 23.2 Å². The highest BCUT2D eigenvalue weighted by atomic mass is 35.5. The average Bonchev–Trinajstić information content (AvgIpc) is 2.85. The number of pyridine rings is 1. The molecule has 4 aromatic rings. The molecule has 0 amide bonds. The summed E-state index contributed by atoms with van der Waals surface area (Å²) in [7, 11) is 0. The molecule has 2 aromatic carbocycles. The Morgan fingerprint density at radius 3 is 2.46 bits per heavy atom. The number of aromatic nitrogens is 4. The highest BCUT2D eigenvalue weighted by Crippen LogP contribution is 2.31. The van der Waals surface area contributed by atoms with Crippen molar-refractivity contribution in [3.63, 3.8) is 0 Å². The lowest BCUT2D eigenvalue weighted by Gasteiger charge is -2.16. The molecule has 10 nitrogen and oxygen atoms in total. The fourth-order valence-corrected chi connectivity index (χ4v) is 3.61. The molecule has 0 fully saturated rings. The van der Waals surface area contributed by atoms with Crippen molar-refractivity contribution < 1.29 is 19.0 Å². The standard InChI is InChI=1S/C24H18Cl2FN5O5/c25-15-3-1-14(2-4-15)13-32-22(30-23(35)31(24(32)36)10-9-21(33)34)29-17-6-7-19(18(26)11-17)37-20-8-5-16(27)12-28-20/h1-8,11-12H,9-10,13H2,(H,33,34)(H,29,30,35). The lowest BCUT2D eigenvalue weighted by molar-refractivity contribution is -0.137. The van der Waals surface area contributed by atoms with E-state index in [1.165, 1.54) is 28.8 Å². The first kappa shape index (κ1) is 25.9. The predicted molar refractivity (Wildman–Crippen MR) is 135 cm³/mol. The molecule has 2 heterocycles. The largest absolute Gasteiger partial charge is 0.481 e. The second kappa shape index (κ2) is 11.2. The minimum Gasteiger partial charge on any atom is -0.481 e. The third-order valence-corrected chi connectivity index (χ3v) is 5.60. The van der Waals surface area contributed by atoms with Crippen LogP contribution < -0.4 is 21.4 Å². The third-order valence-electron chi connectivity index (χ3n) is 5.06. The van der Waals surface area contributed by atoms with Crippen molar-refractivity contribution in [1.82, 2.24) is 19.1 Å². The molecular weight excluding hydrogens is 528 g/mol. The number of aliphatic carboxylic acids is 1. The van der Waals surface area contributed by atoms with Gasteiger partial charge < -0.3 is 15.2 Å². The third kappa shape index (κ3) is 6.51. The Kier molecular flexibility index (Phi) is 7.85. The maximum atomic E-state index is 13.2. The van der Waals surface area contributed by atoms with Crippen molar-refractivity contribution in [2.75, 3.05) is 5.32 Å². The summed E-state index contributed by atoms with van der Waals surface area (Å²) < 4.78 is 20.6. The van der Waals surface area contributed by atoms with Gasteiger partial charge >= 0.3 is 17.3 Å². The summed E-state index contributed by atoms with van der Waals surface area (Å²) in [4.78, 5) is 44.5. The zero-order valence-corrected chi connectivity index (χ0v) is 20.4. The van der Waals surface area contributed by atoms with E-state index in [1.807, 2.05) is 0 Å². The Balaban J connectivity index is 1.67. The van der Waals surface area contributed by atoms with Gasteiger partial charge in [0.25, 0.3) is 0 Å². The van der Waals surface area contributed by atoms with Crippen LogP contribution in [-0.4, -0.2) is 30.2 Å². The van der Waals surface area contributed by atoms with Crippen LogP contribution in [0.4, 0.5) is 16.0 Å². The zero-order valence-electron chi connectivity index (χ0n) is 18.9. The first-order valence-corrected chi connectivity index (χ1v) is 11.5. The fraction of sp³-hybridized carbons (Fsp3) is 0.125. The van der Waals surface area contributed by atoms with Gasteiger partial charge in [-0.2, -0.15) is 4.98 Å². The van der Waals surface area contributed by atoms with Gasteiger partial charge in [0.1, 0.15) is 11.6 Å². The molecule has 4 rings (SSSR count). The molecule has 13 heteroatoms. The van der Waals surface area contributed by atoms with Crippen LogP contribution in [0.15, 0.2) is 70.4 Å². The summed E-state index contributed by atoms with van der Waals surface area (Å²) in [5.74, 6) is -1.39. The van der Waals surface area contributed by atoms with Gasteiger partial charge in [-0.05, 0) is 42.0 Å². The van der Waals surface area contributed by atoms with Crippen LogP contribution in [0, 0.1) is 5.82 Å². The molecule has 2 N–H and O–H groups in total. The number of halogens is 3. The Labute approximate surface area is 218 Å². The van der Waals surface area contributed by atoms with Crippen molar-refractivity contribution in [2.45, 2.75) is 19.5 Å². The molecule has 2 aromatic heterocycles. The van der Waals surface area contributed by atoms with Gasteiger partial charge in [-0.3, -0.25) is 9.36 Å². The van der Waals surface area contributed by atoms with Crippen molar-refractivity contribution >= 4 is 40.8 Å². The fourth-order valence-electron chi connectivity index (χ4n) is 3.26. The number of ether oxygens (including phenoxy) is 1. The number of nitrogens with zero attached hydrogens (tertiary/aromatic N) is 4. The molecule has 37 heavy (non-hydrogen) atoms. The van der Waals surface area contributed by atoms with Crippen molar-refractivity contribution in [1.29, 1.82) is 0 Å². The smallest absolute Gasteiger partial charge is 0.354 e. The van der Waals surface area contributed by atoms with Gasteiger partial charge in [0, 0.05) is 23.3 Å². The monoisotopic (exact) mass is 545 g/mol. The molecule has 0 aliphatic rings. The lowest BCUT2D eigenvalue weighted by atomic mass is 10.2. The average molecular weight is 546 g/mol. The highest BCUT2D eigenvalue weighted by Gasteiger charge is 2.16. The van der Waals surface area contributed by atoms with E-state index in [0.717, 1.165) is 10.8 Å². The van der Waals surface area contributed by atoms with Crippen LogP contribution in [0.5, 0.6) is 11.6 Å². The SMILES string of the molecule is O=C(O)CCn1c(=O)nc(Nc2ccc(Oc3ccc(F)cn3)c(Cl)c2)n(Cc2ccc(Cl)cc2)c1=O. The first-order chi connectivity index (χ1) is 17.7. The number of nitrogens with one attached hydrogen (secondary N) is 1. The van der Waals surface area contributed by atoms with E-state index in [-0.39, 0.29) is 35.7 Å². The minimum absolute atomic E-state index is 0.0177. The number of hydrogen-bond donors (Lipinski definition) is 2. The molecule has 0 aliphatic carbocycles. The number of carboxylic acid groups (broad SMARTS) is 1. The Hall–Kier alpha value is -4.22. The first-order valence-electron chi connectivity index (χ1n) is 10.7. The van der Waals surface area contributed by atoms with Crippen LogP contribution in [0.25, 0.3) is 0 Å². The van der Waals surface area contributed by atoms with Crippen molar-refractivity contribution in [3.05, 3.63) is 103 Å². The highest BCUT2D eigenvalue weighted by molar-refractivity contribution is 6.32. The van der Waals surface area contributed by atoms with E-state index in [2.05, 4.69) is 15.3 Å². The topological polar surface area (TPSA) is 128 Å². The van der Waals surface area contributed by atoms with Gasteiger partial charge in [0.05, 0.1) is 24.2 Å². The maximum absolute atomic E-state index is 13.2. The van der Waals surface area contributed by atoms with E-state index in [0.29, 0.717) is 16.3 Å². The molecule has 0 radical (unpaired) electrons. The second-order valence-electron chi connectivity index (χ2n) is 7.70. The normalized spacial score (nSPS) is 10.8. The molecule has 0 spiro atoms. The van der Waals surface area contributed by atoms with Gasteiger partial charge in [-0.1, -0.05) is 35.3 Å². The maximum Gasteiger partial charge on any atom is 0.354 e. The molecule has 0 saturated heterocycles. The van der Waals surface area contributed by atoms with Gasteiger partial charge in [-0.25, -0.2) is 23.5 Å². The van der Waals surface area contributed by atoms with Crippen LogP contribution in [-0.2, 0) is 17.9 Å². The summed E-state index contributed by atoms with van der Waals surface area (Å²) in [5, 5.41) is 12.6. The number of carboxylic acids is 1. The van der Waals surface area contributed by atoms with Gasteiger partial charge in [0.2, 0.25) is 11.8 Å². The number of rotatable bonds is 9. The van der Waals surface area contributed by atoms with Crippen LogP contribution in [0.2, 0.25) is 10.0 Å². The Bertz CT molecular complexity index is 1560. The quantitative estimate of drug-likeness (QED) is 0.318. The number of carbonyl (C=O) groups is 1. The second-order valence-corrected chi connectivity index (χ2v) is 8.54. The number of hydrogen-bond acceptors (Lipinski definition) is 7. The predicted octanol–water partition coefficient (Wildman–Crippen LogP) is 4.30. The van der Waals surface area contributed by atoms with E-state index >= 15 is 0 Å². The lowest BCUT2D eigenvalue weighted by Crippen LogP contribution is -2.43. The summed E-state index contributed by atoms with van der Waals surface area (Å²) >= 11 is 12.3. The molecule has 0 atom stereocenters. The van der Waals surface area contributed by atoms with Crippen molar-refractivity contribution in [3.8, 4) is 11.6 Å². The minimum atomic E-state index is -1.16. The molecule has 0 bridgehead atoms. The van der Waals surface area contributed by atoms with E-state index in [4.69, 9.17) is 33.0 Å². The van der Waals surface area contributed by atoms with E-state index < -0.39 is 29.6 Å². The Morgan fingerprint density at radius 2 is 1.81 bits per heavy atom. The van der Waals surface area contributed by atoms with Gasteiger partial charge in [0.15, 0.2) is 0 Å². The summed E-state index contributed by atoms with van der Waals surface area (Å²) in [6.45, 7) is -0.319. The van der Waals surface area contributed by atoms with E-state index in [1.54, 1.807) is 30.3 Å². The van der Waals surface area contributed by atoms with Crippen LogP contribution in [0.3, 0.4) is 0 Å². The van der Waals surface area contributed by atoms with Gasteiger partial charge in [-0.15, -0.1) is 0 Å². The van der Waals surface area contributed by atoms with Crippen LogP contribution in [0.1, 0.15) is 12.0 Å². The Morgan fingerprint density at radius 1 is 1.05 bits per heavy atom. The zero-order chi connectivity index (χ0) is 26.5. The molecule has 0 saturated carbocycles. The molecule has 190 valence electrons. The summed E-state index contributed by atoms with van der Waals surface area (Å²) in [6.07, 6.45) is 0.577. The van der Waals surface area contributed by atoms with Crippen molar-refractivity contribution in [2.24, 2.45) is 0 Å². The molecule has 0 unspecified atom stereocenters. The summed E-state index contributed by atoms with van der Waals surface area (Å²) in [5.41, 5.74) is -0.584. The molecule has 0 aliphatic heterocycles. The van der Waals surface area contributed by atoms with E-state index in [9.17, 15) is 18.8 Å².